The Morgan fingerprint density at radius 3 is 2.56 bits per heavy atom. The van der Waals surface area contributed by atoms with Crippen LogP contribution in [0.2, 0.25) is 0 Å². The summed E-state index contributed by atoms with van der Waals surface area (Å²) in [6, 6.07) is 2.14. The fourth-order valence-corrected chi connectivity index (χ4v) is 7.59. The van der Waals surface area contributed by atoms with Crippen LogP contribution in [0.25, 0.3) is 0 Å². The van der Waals surface area contributed by atoms with E-state index in [-0.39, 0.29) is 55.8 Å². The van der Waals surface area contributed by atoms with Gasteiger partial charge in [-0.1, -0.05) is 11.6 Å². The van der Waals surface area contributed by atoms with Gasteiger partial charge in [0.25, 0.3) is 5.91 Å². The van der Waals surface area contributed by atoms with Gasteiger partial charge >= 0.3 is 12.2 Å². The number of carbonyl (C=O) groups is 1. The molecule has 2 aromatic rings. The van der Waals surface area contributed by atoms with Crippen LogP contribution < -0.4 is 21.1 Å². The molecule has 3 saturated heterocycles. The molecule has 1 amide bonds. The lowest BCUT2D eigenvalue weighted by atomic mass is 9.94. The molecule has 7 rings (SSSR count). The Morgan fingerprint density at radius 2 is 1.87 bits per heavy atom. The molecule has 0 radical (unpaired) electrons. The van der Waals surface area contributed by atoms with Crippen LogP contribution in [0.5, 0.6) is 6.01 Å². The van der Waals surface area contributed by atoms with Crippen LogP contribution in [0.4, 0.5) is 37.8 Å². The minimum atomic E-state index is -4.85. The lowest BCUT2D eigenvalue weighted by Gasteiger charge is -2.31. The third-order valence-corrected chi connectivity index (χ3v) is 10.4. The summed E-state index contributed by atoms with van der Waals surface area (Å²) in [5.41, 5.74) is 10.2. The molecule has 5 aliphatic heterocycles. The smallest absolute Gasteiger partial charge is 0.416 e. The first-order chi connectivity index (χ1) is 24.7. The van der Waals surface area contributed by atoms with Crippen LogP contribution in [0.15, 0.2) is 27.9 Å². The van der Waals surface area contributed by atoms with Gasteiger partial charge in [-0.3, -0.25) is 14.7 Å². The van der Waals surface area contributed by atoms with Crippen molar-refractivity contribution in [2.24, 2.45) is 10.7 Å². The highest BCUT2D eigenvalue weighted by molar-refractivity contribution is 6.45. The Morgan fingerprint density at radius 1 is 1.08 bits per heavy atom. The van der Waals surface area contributed by atoms with Crippen LogP contribution in [0.1, 0.15) is 60.6 Å². The molecule has 284 valence electrons. The van der Waals surface area contributed by atoms with Gasteiger partial charge in [-0.2, -0.15) is 23.1 Å². The van der Waals surface area contributed by atoms with Crippen molar-refractivity contribution in [2.45, 2.75) is 75.8 Å². The molecule has 4 unspecified atom stereocenters. The summed E-state index contributed by atoms with van der Waals surface area (Å²) in [6.45, 7) is 2.63. The molecule has 3 fully saturated rings. The normalized spacial score (nSPS) is 25.4. The van der Waals surface area contributed by atoms with E-state index in [1.165, 1.54) is 24.9 Å². The second-order valence-electron chi connectivity index (χ2n) is 13.5. The Hall–Kier alpha value is -3.83. The number of benzene rings is 1. The van der Waals surface area contributed by atoms with E-state index < -0.39 is 53.2 Å². The number of likely N-dealkylation sites (tertiary alicyclic amines) is 1. The van der Waals surface area contributed by atoms with E-state index in [4.69, 9.17) is 32.5 Å². The Bertz CT molecular complexity index is 1720. The van der Waals surface area contributed by atoms with Crippen molar-refractivity contribution in [1.82, 2.24) is 19.8 Å². The standard InChI is InChI=1S/C27H29ClF5N7O3.C7H12FN/c1-42-26-37-17-9-19(20-15(27(31,32)33)3-4-16(34)22(20)30)43-12-14(17)24(38-26)39-7-2-6-36-18(11-39)21(28)23(35)25(41)40-8-5-13(29)10-40;8-6-4-7-2-1-3-9(7)5-6/h3-4,13,19H,2,5-12,34-35H2,1H3;6-7H,1-5H2/b23-21+;. The van der Waals surface area contributed by atoms with Crippen molar-refractivity contribution in [3.8, 4) is 6.01 Å². The Balaban J connectivity index is 0.000000444. The van der Waals surface area contributed by atoms with Crippen LogP contribution in [-0.2, 0) is 28.7 Å². The molecule has 5 aliphatic rings. The van der Waals surface area contributed by atoms with E-state index >= 15 is 4.39 Å². The van der Waals surface area contributed by atoms with Gasteiger partial charge in [0.05, 0.1) is 60.6 Å². The highest BCUT2D eigenvalue weighted by atomic mass is 35.5. The zero-order valence-corrected chi connectivity index (χ0v) is 29.3. The van der Waals surface area contributed by atoms with Crippen LogP contribution >= 0.6 is 11.6 Å². The third-order valence-electron chi connectivity index (χ3n) is 10.0. The van der Waals surface area contributed by atoms with E-state index in [1.807, 2.05) is 0 Å². The van der Waals surface area contributed by atoms with E-state index in [9.17, 15) is 26.7 Å². The fraction of sp³-hybridized carbons (Fsp3) is 0.588. The third kappa shape index (κ3) is 8.05. The molecule has 4 atom stereocenters. The molecule has 0 aliphatic carbocycles. The predicted octanol–water partition coefficient (Wildman–Crippen LogP) is 4.86. The second-order valence-corrected chi connectivity index (χ2v) is 13.9. The minimum absolute atomic E-state index is 0.0626. The van der Waals surface area contributed by atoms with Crippen LogP contribution in [-0.4, -0.2) is 103 Å². The monoisotopic (exact) mass is 758 g/mol. The van der Waals surface area contributed by atoms with Crippen molar-refractivity contribution in [3.63, 3.8) is 0 Å². The number of nitrogens with two attached hydrogens (primary N) is 2. The SMILES string of the molecule is COc1nc2c(c(N3CCCN=C(/C(Cl)=C(\N)C(=O)N4CCC(F)C4)C3)n1)COC(c1c(C(F)(F)F)ccc(N)c1F)C2.FC1CC2CCCN2C1. The molecule has 1 aromatic carbocycles. The number of amides is 1. The maximum Gasteiger partial charge on any atom is 0.416 e. The number of halogens is 7. The highest BCUT2D eigenvalue weighted by Gasteiger charge is 2.40. The fourth-order valence-electron chi connectivity index (χ4n) is 7.39. The number of carbonyl (C=O) groups excluding carboxylic acids is 1. The van der Waals surface area contributed by atoms with Gasteiger partial charge in [0, 0.05) is 49.8 Å². The number of rotatable bonds is 5. The molecule has 0 saturated carbocycles. The Labute approximate surface area is 302 Å². The average Bonchev–Trinajstić information content (AvgIpc) is 3.78. The van der Waals surface area contributed by atoms with Crippen molar-refractivity contribution in [2.75, 3.05) is 63.6 Å². The molecule has 6 heterocycles. The van der Waals surface area contributed by atoms with Gasteiger partial charge < -0.3 is 30.7 Å². The van der Waals surface area contributed by atoms with Crippen molar-refractivity contribution in [3.05, 3.63) is 51.1 Å². The quantitative estimate of drug-likeness (QED) is 0.249. The van der Waals surface area contributed by atoms with Gasteiger partial charge in [0.1, 0.15) is 23.9 Å². The van der Waals surface area contributed by atoms with Crippen molar-refractivity contribution >= 4 is 34.7 Å². The molecule has 0 bridgehead atoms. The number of aliphatic imine (C=N–C) groups is 1. The Kier molecular flexibility index (Phi) is 11.4. The minimum Gasteiger partial charge on any atom is -0.467 e. The molecular formula is C34H41ClF6N8O3. The van der Waals surface area contributed by atoms with Crippen LogP contribution in [0, 0.1) is 5.82 Å². The first kappa shape index (κ1) is 37.9. The summed E-state index contributed by atoms with van der Waals surface area (Å²) in [5, 5.41) is -0.0674. The van der Waals surface area contributed by atoms with E-state index in [0.717, 1.165) is 25.1 Å². The van der Waals surface area contributed by atoms with Crippen molar-refractivity contribution < 1.29 is 40.6 Å². The molecule has 18 heteroatoms. The van der Waals surface area contributed by atoms with Gasteiger partial charge in [-0.05, 0) is 50.8 Å². The number of hydrogen-bond acceptors (Lipinski definition) is 10. The lowest BCUT2D eigenvalue weighted by Crippen LogP contribution is -2.36. The summed E-state index contributed by atoms with van der Waals surface area (Å²) in [6.07, 6.45) is -3.93. The number of anilines is 2. The number of methoxy groups -OCH3 is 1. The molecule has 4 N–H and O–H groups in total. The number of ether oxygens (including phenoxy) is 2. The largest absolute Gasteiger partial charge is 0.467 e. The number of fused-ring (bicyclic) bond motifs is 2. The second kappa shape index (κ2) is 15.6. The van der Waals surface area contributed by atoms with Gasteiger partial charge in [-0.15, -0.1) is 0 Å². The first-order valence-corrected chi connectivity index (χ1v) is 17.6. The molecule has 52 heavy (non-hydrogen) atoms. The molecule has 11 nitrogen and oxygen atoms in total. The number of alkyl halides is 5. The summed E-state index contributed by atoms with van der Waals surface area (Å²) in [7, 11) is 1.34. The van der Waals surface area contributed by atoms with Crippen LogP contribution in [0.3, 0.4) is 0 Å². The first-order valence-electron chi connectivity index (χ1n) is 17.2. The lowest BCUT2D eigenvalue weighted by molar-refractivity contribution is -0.140. The summed E-state index contributed by atoms with van der Waals surface area (Å²) in [4.78, 5) is 31.5. The number of nitrogens with zero attached hydrogens (tertiary/aromatic N) is 6. The highest BCUT2D eigenvalue weighted by Crippen LogP contribution is 2.43. The van der Waals surface area contributed by atoms with E-state index in [0.29, 0.717) is 54.9 Å². The zero-order valence-electron chi connectivity index (χ0n) is 28.6. The number of nitrogen functional groups attached to an aromatic ring is 1. The van der Waals surface area contributed by atoms with Gasteiger partial charge in [0.15, 0.2) is 5.82 Å². The topological polar surface area (TPSA) is 135 Å². The van der Waals surface area contributed by atoms with Gasteiger partial charge in [0.2, 0.25) is 0 Å². The maximum atomic E-state index is 15.0. The predicted molar refractivity (Wildman–Crippen MR) is 182 cm³/mol. The zero-order chi connectivity index (χ0) is 37.3. The summed E-state index contributed by atoms with van der Waals surface area (Å²) >= 11 is 6.55. The average molecular weight is 759 g/mol. The molecular weight excluding hydrogens is 718 g/mol. The van der Waals surface area contributed by atoms with E-state index in [2.05, 4.69) is 19.9 Å². The van der Waals surface area contributed by atoms with Crippen molar-refractivity contribution in [1.29, 1.82) is 0 Å². The molecule has 0 spiro atoms. The number of hydrogen-bond donors (Lipinski definition) is 2. The maximum absolute atomic E-state index is 15.0. The van der Waals surface area contributed by atoms with E-state index in [1.54, 1.807) is 4.90 Å². The van der Waals surface area contributed by atoms with Gasteiger partial charge in [-0.25, -0.2) is 13.2 Å². The summed E-state index contributed by atoms with van der Waals surface area (Å²) < 4.78 is 93.8. The number of aromatic nitrogens is 2. The molecule has 1 aromatic heterocycles. The summed E-state index contributed by atoms with van der Waals surface area (Å²) in [5.74, 6) is -1.44.